The fraction of sp³-hybridized carbons (Fsp3) is 0. The number of hydrogen-bond acceptors (Lipinski definition) is 3. The van der Waals surface area contributed by atoms with Crippen LogP contribution in [0.4, 0.5) is 5.69 Å². The predicted molar refractivity (Wildman–Crippen MR) is 41.2 cm³/mol. The van der Waals surface area contributed by atoms with Gasteiger partial charge in [-0.2, -0.15) is 0 Å². The van der Waals surface area contributed by atoms with Crippen LogP contribution in [0.2, 0.25) is 0 Å². The molecule has 0 spiro atoms. The zero-order valence-electron chi connectivity index (χ0n) is 7.93. The first-order valence-electron chi connectivity index (χ1n) is 3.09. The second-order valence-electron chi connectivity index (χ2n) is 2.11. The van der Waals surface area contributed by atoms with Crippen molar-refractivity contribution in [2.45, 2.75) is 0 Å². The van der Waals surface area contributed by atoms with E-state index in [1.165, 1.54) is 18.2 Å². The van der Waals surface area contributed by atoms with E-state index in [0.717, 1.165) is 6.07 Å². The number of carbonyl (C=O) groups is 1. The fourth-order valence-corrected chi connectivity index (χ4v) is 0.753. The minimum Gasteiger partial charge on any atom is -1.00 e. The van der Waals surface area contributed by atoms with E-state index in [1.54, 1.807) is 0 Å². The maximum Gasteiger partial charge on any atom is 1.00 e. The molecule has 0 saturated heterocycles. The van der Waals surface area contributed by atoms with Crippen LogP contribution >= 0.6 is 0 Å². The van der Waals surface area contributed by atoms with Crippen molar-refractivity contribution in [2.24, 2.45) is 0 Å². The average molecular weight is 207 g/mol. The van der Waals surface area contributed by atoms with Crippen LogP contribution in [0.15, 0.2) is 24.3 Å². The van der Waals surface area contributed by atoms with Crippen LogP contribution in [0.1, 0.15) is 11.8 Å². The predicted octanol–water partition coefficient (Wildman–Crippen LogP) is -1.59. The molecule has 0 atom stereocenters. The van der Waals surface area contributed by atoms with Gasteiger partial charge in [-0.15, -0.1) is 0 Å². The van der Waals surface area contributed by atoms with Gasteiger partial charge < -0.3 is 6.53 Å². The molecule has 0 aliphatic carbocycles. The molecule has 0 radical (unpaired) electrons. The number of nitro groups is 1. The molecule has 0 heterocycles. The van der Waals surface area contributed by atoms with Crippen molar-refractivity contribution >= 4 is 11.7 Å². The van der Waals surface area contributed by atoms with Crippen LogP contribution < -0.4 is 51.4 Å². The van der Waals surface area contributed by atoms with Crippen molar-refractivity contribution in [2.75, 3.05) is 0 Å². The topological polar surface area (TPSA) is 80.4 Å². The molecule has 0 saturated carbocycles. The first-order valence-corrected chi connectivity index (χ1v) is 3.09. The van der Waals surface area contributed by atoms with Gasteiger partial charge >= 0.3 is 57.4 Å². The van der Waals surface area contributed by atoms with Crippen molar-refractivity contribution in [3.63, 3.8) is 0 Å². The summed E-state index contributed by atoms with van der Waals surface area (Å²) in [6.07, 6.45) is 0. The van der Waals surface area contributed by atoms with Crippen LogP contribution in [-0.4, -0.2) is 16.0 Å². The Balaban J connectivity index is 0. The molecule has 1 aromatic rings. The Labute approximate surface area is 118 Å². The Morgan fingerprint density at radius 2 is 2.15 bits per heavy atom. The number of carboxylic acid groups (broad SMARTS) is 1. The Bertz CT molecular complexity index is 315. The molecular formula is C7H6KNO4. The van der Waals surface area contributed by atoms with E-state index in [1.807, 2.05) is 0 Å². The van der Waals surface area contributed by atoms with E-state index in [4.69, 9.17) is 5.11 Å². The van der Waals surface area contributed by atoms with Crippen LogP contribution in [0.5, 0.6) is 0 Å². The third-order valence-electron chi connectivity index (χ3n) is 1.30. The zero-order chi connectivity index (χ0) is 9.14. The summed E-state index contributed by atoms with van der Waals surface area (Å²) in [4.78, 5) is 19.9. The molecular weight excluding hydrogens is 201 g/mol. The van der Waals surface area contributed by atoms with E-state index in [-0.39, 0.29) is 64.1 Å². The summed E-state index contributed by atoms with van der Waals surface area (Å²) in [5, 5.41) is 18.7. The van der Waals surface area contributed by atoms with E-state index < -0.39 is 10.9 Å². The van der Waals surface area contributed by atoms with Gasteiger partial charge in [0.1, 0.15) is 0 Å². The largest absolute Gasteiger partial charge is 1.00 e. The van der Waals surface area contributed by atoms with Gasteiger partial charge in [0, 0.05) is 12.1 Å². The fourth-order valence-electron chi connectivity index (χ4n) is 0.753. The van der Waals surface area contributed by atoms with E-state index in [0.29, 0.717) is 0 Å². The third kappa shape index (κ3) is 3.53. The molecule has 0 aliphatic heterocycles. The number of carboxylic acids is 1. The Kier molecular flexibility index (Phi) is 5.34. The van der Waals surface area contributed by atoms with Crippen molar-refractivity contribution in [1.82, 2.24) is 0 Å². The number of nitrogens with zero attached hydrogens (tertiary/aromatic N) is 1. The van der Waals surface area contributed by atoms with Gasteiger partial charge in [-0.25, -0.2) is 4.79 Å². The summed E-state index contributed by atoms with van der Waals surface area (Å²) >= 11 is 0. The third-order valence-corrected chi connectivity index (χ3v) is 1.30. The Hall–Kier alpha value is -0.274. The van der Waals surface area contributed by atoms with Gasteiger partial charge in [0.15, 0.2) is 0 Å². The normalized spacial score (nSPS) is 8.62. The quantitative estimate of drug-likeness (QED) is 0.360. The molecule has 1 N–H and O–H groups in total. The summed E-state index contributed by atoms with van der Waals surface area (Å²) in [5.74, 6) is -1.17. The van der Waals surface area contributed by atoms with E-state index >= 15 is 0 Å². The van der Waals surface area contributed by atoms with Crippen molar-refractivity contribution in [3.05, 3.63) is 39.9 Å². The molecule has 0 aliphatic rings. The number of aromatic carboxylic acids is 1. The molecule has 6 heteroatoms. The molecule has 1 rings (SSSR count). The SMILES string of the molecule is O=C(O)c1cccc([N+](=O)[O-])c1.[H-].[K+]. The molecule has 0 amide bonds. The first kappa shape index (κ1) is 12.7. The molecule has 0 bridgehead atoms. The summed E-state index contributed by atoms with van der Waals surface area (Å²) in [6, 6.07) is 4.89. The first-order chi connectivity index (χ1) is 5.61. The molecule has 0 fully saturated rings. The molecule has 5 nitrogen and oxygen atoms in total. The van der Waals surface area contributed by atoms with Crippen molar-refractivity contribution < 1.29 is 67.6 Å². The maximum atomic E-state index is 10.4. The second kappa shape index (κ2) is 5.46. The van der Waals surface area contributed by atoms with E-state index in [9.17, 15) is 14.9 Å². The summed E-state index contributed by atoms with van der Waals surface area (Å²) in [5.41, 5.74) is -0.292. The van der Waals surface area contributed by atoms with Gasteiger partial charge in [0.25, 0.3) is 5.69 Å². The number of rotatable bonds is 2. The van der Waals surface area contributed by atoms with Gasteiger partial charge in [-0.05, 0) is 6.07 Å². The molecule has 0 unspecified atom stereocenters. The number of benzene rings is 1. The van der Waals surface area contributed by atoms with Crippen LogP contribution in [0, 0.1) is 10.1 Å². The minimum atomic E-state index is -1.17. The molecule has 64 valence electrons. The van der Waals surface area contributed by atoms with Gasteiger partial charge in [0.05, 0.1) is 10.5 Å². The van der Waals surface area contributed by atoms with Gasteiger partial charge in [-0.1, -0.05) is 6.07 Å². The number of non-ortho nitro benzene ring substituents is 1. The van der Waals surface area contributed by atoms with Gasteiger partial charge in [0.2, 0.25) is 0 Å². The molecule has 0 aromatic heterocycles. The zero-order valence-corrected chi connectivity index (χ0v) is 10.1. The summed E-state index contributed by atoms with van der Waals surface area (Å²) in [7, 11) is 0. The maximum absolute atomic E-state index is 10.4. The Morgan fingerprint density at radius 3 is 2.62 bits per heavy atom. The smallest absolute Gasteiger partial charge is 1.00 e. The van der Waals surface area contributed by atoms with Crippen LogP contribution in [-0.2, 0) is 0 Å². The summed E-state index contributed by atoms with van der Waals surface area (Å²) < 4.78 is 0. The van der Waals surface area contributed by atoms with E-state index in [2.05, 4.69) is 0 Å². The monoisotopic (exact) mass is 207 g/mol. The van der Waals surface area contributed by atoms with Crippen molar-refractivity contribution in [3.8, 4) is 0 Å². The number of hydrogen-bond donors (Lipinski definition) is 1. The summed E-state index contributed by atoms with van der Waals surface area (Å²) in [6.45, 7) is 0. The Morgan fingerprint density at radius 1 is 1.54 bits per heavy atom. The van der Waals surface area contributed by atoms with Crippen molar-refractivity contribution in [1.29, 1.82) is 0 Å². The standard InChI is InChI=1S/C7H5NO4.K.H/c9-7(10)5-2-1-3-6(4-5)8(11)12;;/h1-4H,(H,9,10);;/q;+1;-1. The molecule has 13 heavy (non-hydrogen) atoms. The number of nitro benzene ring substituents is 1. The minimum absolute atomic E-state index is 0. The van der Waals surface area contributed by atoms with Crippen LogP contribution in [0.25, 0.3) is 0 Å². The molecule has 1 aromatic carbocycles. The van der Waals surface area contributed by atoms with Crippen LogP contribution in [0.3, 0.4) is 0 Å². The van der Waals surface area contributed by atoms with Gasteiger partial charge in [-0.3, -0.25) is 10.1 Å². The second-order valence-corrected chi connectivity index (χ2v) is 2.11. The average Bonchev–Trinajstić information content (AvgIpc) is 2.04.